The normalized spacial score (nSPS) is 16.9. The highest BCUT2D eigenvalue weighted by atomic mass is 32.1. The van der Waals surface area contributed by atoms with Crippen molar-refractivity contribution >= 4 is 39.8 Å². The van der Waals surface area contributed by atoms with Gasteiger partial charge in [0.1, 0.15) is 0 Å². The van der Waals surface area contributed by atoms with Gasteiger partial charge in [-0.15, -0.1) is 0 Å². The third-order valence-corrected chi connectivity index (χ3v) is 5.14. The zero-order valence-electron chi connectivity index (χ0n) is 14.0. The van der Waals surface area contributed by atoms with Gasteiger partial charge in [0.25, 0.3) is 0 Å². The van der Waals surface area contributed by atoms with Gasteiger partial charge in [-0.05, 0) is 25.3 Å². The Labute approximate surface area is 148 Å². The van der Waals surface area contributed by atoms with Gasteiger partial charge in [0, 0.05) is 24.8 Å². The number of rotatable bonds is 4. The first-order valence-corrected chi connectivity index (χ1v) is 8.92. The summed E-state index contributed by atoms with van der Waals surface area (Å²) in [6.45, 7) is 1.39. The molecule has 1 aliphatic rings. The van der Waals surface area contributed by atoms with Gasteiger partial charge in [-0.2, -0.15) is 0 Å². The van der Waals surface area contributed by atoms with Crippen molar-refractivity contribution < 1.29 is 19.7 Å². The minimum Gasteiger partial charge on any atom is -0.302 e. The summed E-state index contributed by atoms with van der Waals surface area (Å²) in [6.07, 6.45) is 3.35. The van der Waals surface area contributed by atoms with E-state index in [1.165, 1.54) is 13.1 Å². The number of fused-ring (bicyclic) bond motifs is 1. The van der Waals surface area contributed by atoms with Gasteiger partial charge in [-0.3, -0.25) is 19.7 Å². The number of nitrogens with zero attached hydrogens (tertiary/aromatic N) is 2. The van der Waals surface area contributed by atoms with Gasteiger partial charge < -0.3 is 5.32 Å². The van der Waals surface area contributed by atoms with Crippen molar-refractivity contribution in [1.29, 1.82) is 0 Å². The van der Waals surface area contributed by atoms with Gasteiger partial charge >= 0.3 is 0 Å². The van der Waals surface area contributed by atoms with Crippen molar-refractivity contribution in [2.75, 3.05) is 12.4 Å². The molecule has 0 aliphatic heterocycles. The molecule has 0 saturated carbocycles. The maximum Gasteiger partial charge on any atom is 0.223 e. The number of aryl methyl sites for hydroxylation is 1. The molecule has 0 spiro atoms. The van der Waals surface area contributed by atoms with Gasteiger partial charge in [0.15, 0.2) is 16.7 Å². The van der Waals surface area contributed by atoms with E-state index in [4.69, 9.17) is 0 Å². The number of Topliss-reactive ketones (excluding diaryl/α,β-unsaturated/α-hetero) is 2. The van der Waals surface area contributed by atoms with Crippen LogP contribution in [0.5, 0.6) is 0 Å². The summed E-state index contributed by atoms with van der Waals surface area (Å²) in [7, 11) is 1.87. The molecule has 3 N–H and O–H groups in total. The summed E-state index contributed by atoms with van der Waals surface area (Å²) >= 11 is 1.14. The molecule has 0 bridgehead atoms. The lowest BCUT2D eigenvalue weighted by molar-refractivity contribution is -0.543. The molecule has 130 valence electrons. The van der Waals surface area contributed by atoms with Gasteiger partial charge in [0.2, 0.25) is 11.7 Å². The number of carbonyl (C=O) groups is 3. The monoisotopic (exact) mass is 359 g/mol. The fourth-order valence-electron chi connectivity index (χ4n) is 2.85. The molecule has 25 heavy (non-hydrogen) atoms. The second kappa shape index (κ2) is 7.20. The molecule has 3 rings (SSSR count). The highest BCUT2D eigenvalue weighted by molar-refractivity contribution is 7.17. The second-order valence-electron chi connectivity index (χ2n) is 5.91. The van der Waals surface area contributed by atoms with Crippen molar-refractivity contribution in [2.45, 2.75) is 26.2 Å². The van der Waals surface area contributed by atoms with Crippen LogP contribution in [-0.2, 0) is 11.2 Å². The zero-order chi connectivity index (χ0) is 18.0. The third kappa shape index (κ3) is 3.64. The Kier molecular flexibility index (Phi) is 5.00. The number of anilines is 1. The highest BCUT2D eigenvalue weighted by Crippen LogP contribution is 2.32. The molecule has 0 radical (unpaired) electrons. The Hall–Kier alpha value is -2.45. The van der Waals surface area contributed by atoms with E-state index in [0.29, 0.717) is 40.5 Å². The van der Waals surface area contributed by atoms with Crippen molar-refractivity contribution in [2.24, 2.45) is 5.92 Å². The van der Waals surface area contributed by atoms with Crippen LogP contribution in [0.2, 0.25) is 0 Å². The van der Waals surface area contributed by atoms with E-state index in [2.05, 4.69) is 15.3 Å². The van der Waals surface area contributed by atoms with Crippen LogP contribution in [0.3, 0.4) is 0 Å². The molecule has 0 aromatic carbocycles. The number of thiazole rings is 1. The predicted molar refractivity (Wildman–Crippen MR) is 93.3 cm³/mol. The molecule has 2 aromatic rings. The molecule has 8 heteroatoms. The summed E-state index contributed by atoms with van der Waals surface area (Å²) in [4.78, 5) is 45.9. The number of carbonyl (C=O) groups excluding carboxylic acids is 3. The average Bonchev–Trinajstić information content (AvgIpc) is 2.93. The predicted octanol–water partition coefficient (Wildman–Crippen LogP) is 1.34. The molecule has 1 unspecified atom stereocenters. The number of quaternary nitrogens is 1. The van der Waals surface area contributed by atoms with Gasteiger partial charge in [-0.25, -0.2) is 9.97 Å². The maximum absolute atomic E-state index is 12.9. The summed E-state index contributed by atoms with van der Waals surface area (Å²) < 4.78 is 0. The average molecular weight is 359 g/mol. The van der Waals surface area contributed by atoms with Crippen molar-refractivity contribution in [1.82, 2.24) is 9.97 Å². The summed E-state index contributed by atoms with van der Waals surface area (Å²) in [5.74, 6) is -0.582. The Morgan fingerprint density at radius 3 is 2.80 bits per heavy atom. The lowest BCUT2D eigenvalue weighted by atomic mass is 9.91. The van der Waals surface area contributed by atoms with Crippen LogP contribution >= 0.6 is 11.3 Å². The van der Waals surface area contributed by atoms with E-state index >= 15 is 0 Å². The zero-order valence-corrected chi connectivity index (χ0v) is 14.9. The molecular formula is C17H19N4O3S+. The molecule has 2 aromatic heterocycles. The van der Waals surface area contributed by atoms with Crippen LogP contribution in [0.25, 0.3) is 0 Å². The second-order valence-corrected chi connectivity index (χ2v) is 6.91. The fraction of sp³-hybridized carbons (Fsp3) is 0.353. The molecule has 1 aliphatic carbocycles. The minimum absolute atomic E-state index is 0.206. The van der Waals surface area contributed by atoms with E-state index in [-0.39, 0.29) is 17.5 Å². The van der Waals surface area contributed by atoms with Gasteiger partial charge in [0.05, 0.1) is 23.5 Å². The molecule has 0 saturated heterocycles. The van der Waals surface area contributed by atoms with E-state index in [1.54, 1.807) is 12.1 Å². The number of hydrogen-bond acceptors (Lipinski definition) is 6. The van der Waals surface area contributed by atoms with Crippen LogP contribution in [0, 0.1) is 5.92 Å². The van der Waals surface area contributed by atoms with Crippen LogP contribution in [-0.4, -0.2) is 34.5 Å². The molecule has 0 fully saturated rings. The number of pyridine rings is 1. The third-order valence-electron chi connectivity index (χ3n) is 4.11. The molecule has 7 nitrogen and oxygen atoms in total. The largest absolute Gasteiger partial charge is 0.302 e. The Morgan fingerprint density at radius 2 is 2.16 bits per heavy atom. The Bertz CT molecular complexity index is 829. The molecule has 2 heterocycles. The lowest BCUT2D eigenvalue weighted by Gasteiger charge is -2.11. The fourth-order valence-corrected chi connectivity index (χ4v) is 3.91. The van der Waals surface area contributed by atoms with Crippen molar-refractivity contribution in [3.63, 3.8) is 0 Å². The van der Waals surface area contributed by atoms with Crippen molar-refractivity contribution in [3.8, 4) is 0 Å². The van der Waals surface area contributed by atoms with E-state index in [9.17, 15) is 14.4 Å². The molecular weight excluding hydrogens is 340 g/mol. The highest BCUT2D eigenvalue weighted by Gasteiger charge is 2.34. The van der Waals surface area contributed by atoms with Gasteiger partial charge in [-0.1, -0.05) is 11.3 Å². The first-order valence-electron chi connectivity index (χ1n) is 8.10. The molecule has 1 amide bonds. The van der Waals surface area contributed by atoms with Crippen LogP contribution < -0.4 is 10.6 Å². The van der Waals surface area contributed by atoms with Crippen LogP contribution in [0.1, 0.15) is 45.5 Å². The minimum atomic E-state index is -0.717. The summed E-state index contributed by atoms with van der Waals surface area (Å²) in [5.41, 5.74) is 1.11. The number of aromatic nitrogens is 2. The first kappa shape index (κ1) is 17.4. The van der Waals surface area contributed by atoms with Crippen molar-refractivity contribution in [3.05, 3.63) is 34.5 Å². The maximum atomic E-state index is 12.9. The number of nitrogens with one attached hydrogen (secondary N) is 1. The Balaban J connectivity index is 1.87. The number of ketones is 2. The van der Waals surface area contributed by atoms with E-state index < -0.39 is 5.92 Å². The van der Waals surface area contributed by atoms with E-state index in [0.717, 1.165) is 17.2 Å². The summed E-state index contributed by atoms with van der Waals surface area (Å²) in [6, 6.07) is 3.47. The topological polar surface area (TPSA) is 106 Å². The number of hydrogen-bond donors (Lipinski definition) is 2. The lowest BCUT2D eigenvalue weighted by Crippen LogP contribution is -2.73. The van der Waals surface area contributed by atoms with Crippen LogP contribution in [0.15, 0.2) is 18.3 Å². The standard InChI is InChI=1S/C17H18N4O3S/c1-9(22)20-17-21-12-5-3-4-11(15(24)16(12)25-17)14(23)10-6-7-13(18-2)19-8-10/h6-8,11H,3-5H2,1-2H3,(H,18,19)(H,20,21,22)/p+1. The van der Waals surface area contributed by atoms with Crippen LogP contribution in [0.4, 0.5) is 10.9 Å². The quantitative estimate of drug-likeness (QED) is 0.487. The Morgan fingerprint density at radius 1 is 1.36 bits per heavy atom. The van der Waals surface area contributed by atoms with E-state index in [1.807, 2.05) is 12.4 Å². The number of nitrogens with two attached hydrogens (primary N) is 1. The molecule has 1 atom stereocenters. The first-order chi connectivity index (χ1) is 12.0. The SMILES string of the molecule is C[NH2+]c1ccc(C(=O)C2CCCc3nc(NC(C)=O)sc3C2=O)cn1. The summed E-state index contributed by atoms with van der Waals surface area (Å²) in [5, 5.41) is 4.86. The smallest absolute Gasteiger partial charge is 0.223 e. The number of amides is 1.